The van der Waals surface area contributed by atoms with Gasteiger partial charge in [0.15, 0.2) is 5.82 Å². The molecular weight excluding hydrogens is 599 g/mol. The maximum atomic E-state index is 14.1. The van der Waals surface area contributed by atoms with Crippen LogP contribution in [-0.4, -0.2) is 81.2 Å². The highest BCUT2D eigenvalue weighted by atomic mass is 19.4. The second-order valence-electron chi connectivity index (χ2n) is 11.9. The van der Waals surface area contributed by atoms with Gasteiger partial charge in [0.05, 0.1) is 17.8 Å². The molecule has 5 heterocycles. The number of benzene rings is 1. The first-order valence-electron chi connectivity index (χ1n) is 15.1. The molecule has 242 valence electrons. The number of fused-ring (bicyclic) bond motifs is 3. The normalized spacial score (nSPS) is 20.7. The Morgan fingerprint density at radius 2 is 1.91 bits per heavy atom. The molecule has 2 bridgehead atoms. The molecule has 2 saturated heterocycles. The molecule has 2 aromatic heterocycles. The molecule has 3 aliphatic rings. The third-order valence-electron chi connectivity index (χ3n) is 8.80. The number of aromatic nitrogens is 4. The molecule has 0 aliphatic carbocycles. The Morgan fingerprint density at radius 3 is 2.51 bits per heavy atom. The van der Waals surface area contributed by atoms with Gasteiger partial charge >= 0.3 is 6.18 Å². The molecule has 0 saturated carbocycles. The topological polar surface area (TPSA) is 99.8 Å². The first-order valence-corrected chi connectivity index (χ1v) is 15.1. The maximum Gasteiger partial charge on any atom is 0.416 e. The summed E-state index contributed by atoms with van der Waals surface area (Å²) in [6.07, 6.45) is -2.36. The van der Waals surface area contributed by atoms with Crippen molar-refractivity contribution in [2.45, 2.75) is 70.8 Å². The predicted octanol–water partition coefficient (Wildman–Crippen LogP) is 3.71. The Balaban J connectivity index is 1.39. The zero-order valence-corrected chi connectivity index (χ0v) is 25.0. The van der Waals surface area contributed by atoms with Crippen LogP contribution in [0.15, 0.2) is 29.1 Å². The number of halogens is 5. The SMILES string of the molecule is CCc1c(N2CC3CCC(C2)N3)c(=O)n2nc(C3=CCN(CC(F)F)CC3)nc2n1CC(=O)Nc1ccc(C(F)(F)F)cc1C. The zero-order valence-electron chi connectivity index (χ0n) is 25.0. The Kier molecular flexibility index (Phi) is 8.41. The smallest absolute Gasteiger partial charge is 0.362 e. The summed E-state index contributed by atoms with van der Waals surface area (Å²) in [7, 11) is 0. The molecule has 3 aromatic rings. The molecule has 2 atom stereocenters. The number of hydrogen-bond donors (Lipinski definition) is 2. The van der Waals surface area contributed by atoms with E-state index in [-0.39, 0.29) is 53.6 Å². The van der Waals surface area contributed by atoms with Crippen molar-refractivity contribution in [3.8, 4) is 0 Å². The lowest BCUT2D eigenvalue weighted by Gasteiger charge is -2.35. The van der Waals surface area contributed by atoms with Crippen molar-refractivity contribution >= 4 is 28.6 Å². The van der Waals surface area contributed by atoms with E-state index in [1.807, 2.05) is 6.92 Å². The van der Waals surface area contributed by atoms with Gasteiger partial charge < -0.3 is 20.1 Å². The largest absolute Gasteiger partial charge is 0.416 e. The average Bonchev–Trinajstić information content (AvgIpc) is 3.58. The van der Waals surface area contributed by atoms with E-state index in [0.717, 1.165) is 30.5 Å². The van der Waals surface area contributed by atoms with Gasteiger partial charge in [-0.15, -0.1) is 5.10 Å². The fourth-order valence-corrected chi connectivity index (χ4v) is 6.63. The predicted molar refractivity (Wildman–Crippen MR) is 159 cm³/mol. The van der Waals surface area contributed by atoms with E-state index >= 15 is 0 Å². The number of amides is 1. The number of anilines is 2. The molecule has 15 heteroatoms. The summed E-state index contributed by atoms with van der Waals surface area (Å²) in [6.45, 7) is 4.69. The number of carbonyl (C=O) groups is 1. The first kappa shape index (κ1) is 31.1. The van der Waals surface area contributed by atoms with Gasteiger partial charge in [-0.05, 0) is 61.9 Å². The van der Waals surface area contributed by atoms with Crippen molar-refractivity contribution < 1.29 is 26.7 Å². The van der Waals surface area contributed by atoms with Crippen LogP contribution >= 0.6 is 0 Å². The molecule has 1 aromatic carbocycles. The molecule has 6 rings (SSSR count). The Morgan fingerprint density at radius 1 is 1.18 bits per heavy atom. The van der Waals surface area contributed by atoms with Gasteiger partial charge in [0.1, 0.15) is 12.2 Å². The highest BCUT2D eigenvalue weighted by Crippen LogP contribution is 2.32. The van der Waals surface area contributed by atoms with Crippen molar-refractivity contribution in [3.05, 3.63) is 57.3 Å². The molecule has 2 fully saturated rings. The lowest BCUT2D eigenvalue weighted by Crippen LogP contribution is -2.53. The third-order valence-corrected chi connectivity index (χ3v) is 8.80. The van der Waals surface area contributed by atoms with Crippen LogP contribution in [0.2, 0.25) is 0 Å². The summed E-state index contributed by atoms with van der Waals surface area (Å²) < 4.78 is 68.2. The van der Waals surface area contributed by atoms with Gasteiger partial charge in [0.2, 0.25) is 11.7 Å². The number of rotatable bonds is 8. The van der Waals surface area contributed by atoms with Crippen LogP contribution < -0.4 is 21.1 Å². The van der Waals surface area contributed by atoms with E-state index in [1.165, 1.54) is 17.5 Å². The molecule has 45 heavy (non-hydrogen) atoms. The summed E-state index contributed by atoms with van der Waals surface area (Å²) >= 11 is 0. The summed E-state index contributed by atoms with van der Waals surface area (Å²) in [5, 5.41) is 10.8. The van der Waals surface area contributed by atoms with Gasteiger partial charge in [-0.25, -0.2) is 8.78 Å². The average molecular weight is 635 g/mol. The van der Waals surface area contributed by atoms with Crippen LogP contribution in [0.4, 0.5) is 33.3 Å². The number of aryl methyl sites for hydroxylation is 1. The molecule has 10 nitrogen and oxygen atoms in total. The van der Waals surface area contributed by atoms with Crippen molar-refractivity contribution in [2.24, 2.45) is 0 Å². The van der Waals surface area contributed by atoms with Gasteiger partial charge in [-0.2, -0.15) is 22.7 Å². The standard InChI is InChI=1S/C30H35F5N8O2/c1-3-23-26(41-13-20-5-6-21(14-41)36-20)28(45)43-29(38-27(39-43)18-8-10-40(11-9-18)15-24(31)32)42(23)16-25(44)37-22-7-4-19(12-17(22)2)30(33,34)35/h4,7-8,12,20-21,24,36H,3,5-6,9-11,13-16H2,1-2H3,(H,37,44). The zero-order chi connectivity index (χ0) is 32.0. The van der Waals surface area contributed by atoms with Crippen LogP contribution in [0.3, 0.4) is 0 Å². The van der Waals surface area contributed by atoms with Crippen LogP contribution in [0.1, 0.15) is 48.8 Å². The van der Waals surface area contributed by atoms with E-state index in [9.17, 15) is 31.5 Å². The second-order valence-corrected chi connectivity index (χ2v) is 11.9. The Hall–Kier alpha value is -3.85. The highest BCUT2D eigenvalue weighted by molar-refractivity contribution is 5.91. The minimum absolute atomic E-state index is 0.156. The van der Waals surface area contributed by atoms with Crippen LogP contribution in [0.5, 0.6) is 0 Å². The maximum absolute atomic E-state index is 14.1. The number of carbonyl (C=O) groups excluding carboxylic acids is 1. The molecule has 1 amide bonds. The van der Waals surface area contributed by atoms with Crippen LogP contribution in [-0.2, 0) is 23.9 Å². The molecule has 2 unspecified atom stereocenters. The van der Waals surface area contributed by atoms with Crippen molar-refractivity contribution in [3.63, 3.8) is 0 Å². The third kappa shape index (κ3) is 6.32. The van der Waals surface area contributed by atoms with E-state index in [0.29, 0.717) is 50.4 Å². The van der Waals surface area contributed by atoms with Gasteiger partial charge in [0, 0.05) is 44.0 Å². The minimum Gasteiger partial charge on any atom is -0.362 e. The van der Waals surface area contributed by atoms with Crippen molar-refractivity contribution in [2.75, 3.05) is 42.9 Å². The molecule has 3 aliphatic heterocycles. The number of nitrogens with zero attached hydrogens (tertiary/aromatic N) is 6. The van der Waals surface area contributed by atoms with Crippen molar-refractivity contribution in [1.29, 1.82) is 0 Å². The summed E-state index contributed by atoms with van der Waals surface area (Å²) in [5.41, 5.74) is 1.10. The molecule has 0 spiro atoms. The number of hydrogen-bond acceptors (Lipinski definition) is 7. The minimum atomic E-state index is -4.51. The van der Waals surface area contributed by atoms with Crippen LogP contribution in [0.25, 0.3) is 11.4 Å². The lowest BCUT2D eigenvalue weighted by molar-refractivity contribution is -0.137. The lowest BCUT2D eigenvalue weighted by atomic mass is 10.1. The monoisotopic (exact) mass is 634 g/mol. The van der Waals surface area contributed by atoms with E-state index < -0.39 is 24.1 Å². The van der Waals surface area contributed by atoms with E-state index in [1.54, 1.807) is 15.5 Å². The van der Waals surface area contributed by atoms with Crippen molar-refractivity contribution in [1.82, 2.24) is 29.4 Å². The number of alkyl halides is 5. The number of nitrogens with one attached hydrogen (secondary N) is 2. The fourth-order valence-electron chi connectivity index (χ4n) is 6.63. The summed E-state index contributed by atoms with van der Waals surface area (Å²) in [4.78, 5) is 35.9. The quantitative estimate of drug-likeness (QED) is 0.365. The highest BCUT2D eigenvalue weighted by Gasteiger charge is 2.36. The molecule has 0 radical (unpaired) electrons. The molecule has 2 N–H and O–H groups in total. The van der Waals surface area contributed by atoms with E-state index in [2.05, 4.69) is 25.6 Å². The second kappa shape index (κ2) is 12.2. The summed E-state index contributed by atoms with van der Waals surface area (Å²) in [5.74, 6) is -0.0615. The molecular formula is C30H35F5N8O2. The van der Waals surface area contributed by atoms with Gasteiger partial charge in [0.25, 0.3) is 12.0 Å². The van der Waals surface area contributed by atoms with Crippen LogP contribution in [0, 0.1) is 6.92 Å². The summed E-state index contributed by atoms with van der Waals surface area (Å²) in [6, 6.07) is 3.59. The first-order chi connectivity index (χ1) is 21.4. The van der Waals surface area contributed by atoms with Gasteiger partial charge in [-0.3, -0.25) is 14.5 Å². The van der Waals surface area contributed by atoms with E-state index in [4.69, 9.17) is 0 Å². The Bertz CT molecular complexity index is 1690. The Labute approximate surface area is 255 Å². The fraction of sp³-hybridized carbons (Fsp3) is 0.533. The number of piperazine rings is 1. The van der Waals surface area contributed by atoms with Gasteiger partial charge in [-0.1, -0.05) is 13.0 Å².